The highest BCUT2D eigenvalue weighted by molar-refractivity contribution is 7.90. The van der Waals surface area contributed by atoms with Gasteiger partial charge in [-0.15, -0.1) is 0 Å². The molecule has 4 aromatic rings. The standard InChI is InChI=1S/C15H15ClN4O6S.C10H8ClN3O/c1-3-26-13(21)9-6-4-5-7-10(9)27(23,24)20-15(22)19-14-17-11(16)8-12(18-14)25-2;11-9-8(12)6-13-14(10(9)15)7-4-2-1-3-5-7/h4-8H,3H2,1-2H3,(H2,17,18,19,20,22);1-6H,12H2. The molecule has 4 rings (SSSR count). The molecule has 0 saturated carbocycles. The van der Waals surface area contributed by atoms with Gasteiger partial charge in [-0.3, -0.25) is 10.1 Å². The van der Waals surface area contributed by atoms with Crippen LogP contribution < -0.4 is 26.1 Å². The maximum Gasteiger partial charge on any atom is 0.339 e. The summed E-state index contributed by atoms with van der Waals surface area (Å²) in [6, 6.07) is 14.5. The Bertz CT molecular complexity index is 1750. The van der Waals surface area contributed by atoms with E-state index in [2.05, 4.69) is 20.4 Å². The molecule has 17 heteroatoms. The van der Waals surface area contributed by atoms with E-state index in [1.165, 1.54) is 48.3 Å². The van der Waals surface area contributed by atoms with Gasteiger partial charge < -0.3 is 15.2 Å². The minimum atomic E-state index is -4.38. The summed E-state index contributed by atoms with van der Waals surface area (Å²) in [5, 5.41) is 6.00. The molecular weight excluding hydrogens is 613 g/mol. The van der Waals surface area contributed by atoms with Gasteiger partial charge >= 0.3 is 12.0 Å². The fourth-order valence-electron chi connectivity index (χ4n) is 3.14. The first-order valence-electron chi connectivity index (χ1n) is 11.7. The summed E-state index contributed by atoms with van der Waals surface area (Å²) in [5.41, 5.74) is 5.68. The minimum Gasteiger partial charge on any atom is -0.481 e. The van der Waals surface area contributed by atoms with Crippen molar-refractivity contribution < 1.29 is 27.5 Å². The van der Waals surface area contributed by atoms with Crippen LogP contribution in [0.5, 0.6) is 5.88 Å². The maximum absolute atomic E-state index is 12.5. The molecule has 0 spiro atoms. The first-order chi connectivity index (χ1) is 20.0. The highest BCUT2D eigenvalue weighted by atomic mass is 35.5. The highest BCUT2D eigenvalue weighted by Crippen LogP contribution is 2.18. The summed E-state index contributed by atoms with van der Waals surface area (Å²) in [6.07, 6.45) is 1.36. The van der Waals surface area contributed by atoms with Crippen molar-refractivity contribution >= 4 is 56.9 Å². The molecule has 0 saturated heterocycles. The summed E-state index contributed by atoms with van der Waals surface area (Å²) in [5.74, 6) is -1.03. The number of sulfonamides is 1. The Balaban J connectivity index is 0.000000271. The van der Waals surface area contributed by atoms with Crippen molar-refractivity contribution in [2.75, 3.05) is 24.8 Å². The number of para-hydroxylation sites is 1. The van der Waals surface area contributed by atoms with Gasteiger partial charge in [-0.25, -0.2) is 27.7 Å². The van der Waals surface area contributed by atoms with E-state index in [0.29, 0.717) is 5.69 Å². The van der Waals surface area contributed by atoms with E-state index in [1.54, 1.807) is 23.8 Å². The second kappa shape index (κ2) is 14.2. The van der Waals surface area contributed by atoms with Gasteiger partial charge in [0.15, 0.2) is 0 Å². The van der Waals surface area contributed by atoms with Crippen molar-refractivity contribution in [3.8, 4) is 11.6 Å². The number of anilines is 2. The third kappa shape index (κ3) is 8.15. The lowest BCUT2D eigenvalue weighted by molar-refractivity contribution is 0.0521. The van der Waals surface area contributed by atoms with Crippen LogP contribution in [0.1, 0.15) is 17.3 Å². The van der Waals surface area contributed by atoms with Crippen LogP contribution in [0.25, 0.3) is 5.69 Å². The highest BCUT2D eigenvalue weighted by Gasteiger charge is 2.25. The Morgan fingerprint density at radius 2 is 1.71 bits per heavy atom. The van der Waals surface area contributed by atoms with Crippen LogP contribution in [0.15, 0.2) is 76.6 Å². The monoisotopic (exact) mass is 635 g/mol. The molecule has 0 bridgehead atoms. The van der Waals surface area contributed by atoms with Crippen molar-refractivity contribution in [1.82, 2.24) is 24.5 Å². The Hall–Kier alpha value is -4.73. The number of nitrogens with one attached hydrogen (secondary N) is 2. The second-order valence-electron chi connectivity index (χ2n) is 7.80. The molecule has 0 aliphatic carbocycles. The van der Waals surface area contributed by atoms with E-state index in [0.717, 1.165) is 0 Å². The molecular formula is C25H23Cl2N7O7S. The molecule has 2 aromatic heterocycles. The van der Waals surface area contributed by atoms with Gasteiger partial charge in [-0.1, -0.05) is 53.5 Å². The predicted octanol–water partition coefficient (Wildman–Crippen LogP) is 3.29. The number of benzene rings is 2. The zero-order chi connectivity index (χ0) is 30.9. The fraction of sp³-hybridized carbons (Fsp3) is 0.120. The van der Waals surface area contributed by atoms with E-state index < -0.39 is 32.5 Å². The molecule has 2 amide bonds. The summed E-state index contributed by atoms with van der Waals surface area (Å²) >= 11 is 11.5. The number of nitrogens with two attached hydrogens (primary N) is 1. The molecule has 2 aromatic carbocycles. The van der Waals surface area contributed by atoms with Gasteiger partial charge in [0.2, 0.25) is 11.8 Å². The average Bonchev–Trinajstić information content (AvgIpc) is 2.96. The number of ether oxygens (including phenoxy) is 2. The number of esters is 1. The quantitative estimate of drug-likeness (QED) is 0.199. The molecule has 42 heavy (non-hydrogen) atoms. The first-order valence-corrected chi connectivity index (χ1v) is 14.0. The number of carbonyl (C=O) groups is 2. The number of halogens is 2. The molecule has 2 heterocycles. The van der Waals surface area contributed by atoms with Crippen molar-refractivity contribution in [2.45, 2.75) is 11.8 Å². The number of amides is 2. The molecule has 0 aliphatic heterocycles. The molecule has 0 radical (unpaired) electrons. The van der Waals surface area contributed by atoms with Gasteiger partial charge in [0.1, 0.15) is 15.1 Å². The summed E-state index contributed by atoms with van der Waals surface area (Å²) in [4.78, 5) is 42.8. The summed E-state index contributed by atoms with van der Waals surface area (Å²) in [6.45, 7) is 1.65. The third-order valence-corrected chi connectivity index (χ3v) is 6.91. The number of hydrogen-bond donors (Lipinski definition) is 3. The Morgan fingerprint density at radius 3 is 2.38 bits per heavy atom. The van der Waals surface area contributed by atoms with E-state index in [9.17, 15) is 22.8 Å². The lowest BCUT2D eigenvalue weighted by atomic mass is 10.2. The van der Waals surface area contributed by atoms with Gasteiger partial charge in [0.25, 0.3) is 15.6 Å². The van der Waals surface area contributed by atoms with Crippen LogP contribution in [0.4, 0.5) is 16.4 Å². The molecule has 14 nitrogen and oxygen atoms in total. The number of urea groups is 1. The largest absolute Gasteiger partial charge is 0.481 e. The van der Waals surface area contributed by atoms with Gasteiger partial charge in [-0.05, 0) is 31.2 Å². The van der Waals surface area contributed by atoms with E-state index in [-0.39, 0.29) is 39.9 Å². The number of rotatable bonds is 7. The number of carbonyl (C=O) groups excluding carboxylic acids is 2. The van der Waals surface area contributed by atoms with E-state index >= 15 is 0 Å². The molecule has 0 aliphatic rings. The Morgan fingerprint density at radius 1 is 1.05 bits per heavy atom. The first kappa shape index (κ1) is 31.8. The van der Waals surface area contributed by atoms with Gasteiger partial charge in [-0.2, -0.15) is 14.8 Å². The lowest BCUT2D eigenvalue weighted by Crippen LogP contribution is -2.35. The summed E-state index contributed by atoms with van der Waals surface area (Å²) in [7, 11) is -3.05. The zero-order valence-electron chi connectivity index (χ0n) is 21.9. The summed E-state index contributed by atoms with van der Waals surface area (Å²) < 4.78 is 37.6. The lowest BCUT2D eigenvalue weighted by Gasteiger charge is -2.11. The number of nitrogens with zero attached hydrogens (tertiary/aromatic N) is 4. The minimum absolute atomic E-state index is 0.00569. The van der Waals surface area contributed by atoms with Crippen LogP contribution >= 0.6 is 23.2 Å². The second-order valence-corrected chi connectivity index (χ2v) is 10.2. The van der Waals surface area contributed by atoms with Crippen molar-refractivity contribution in [2.24, 2.45) is 0 Å². The maximum atomic E-state index is 12.5. The van der Waals surface area contributed by atoms with Crippen LogP contribution in [-0.4, -0.2) is 53.9 Å². The van der Waals surface area contributed by atoms with Gasteiger partial charge in [0.05, 0.1) is 36.9 Å². The van der Waals surface area contributed by atoms with Crippen LogP contribution in [0.2, 0.25) is 10.2 Å². The smallest absolute Gasteiger partial charge is 0.339 e. The van der Waals surface area contributed by atoms with Crippen LogP contribution in [-0.2, 0) is 14.8 Å². The Labute approximate surface area is 249 Å². The number of aromatic nitrogens is 4. The molecule has 0 unspecified atom stereocenters. The van der Waals surface area contributed by atoms with Crippen LogP contribution in [0.3, 0.4) is 0 Å². The van der Waals surface area contributed by atoms with E-state index in [1.807, 2.05) is 18.2 Å². The predicted molar refractivity (Wildman–Crippen MR) is 155 cm³/mol. The number of hydrogen-bond acceptors (Lipinski definition) is 11. The molecule has 0 atom stereocenters. The number of methoxy groups -OCH3 is 1. The average molecular weight is 636 g/mol. The third-order valence-electron chi connectivity index (χ3n) is 4.95. The van der Waals surface area contributed by atoms with Gasteiger partial charge in [0, 0.05) is 6.07 Å². The number of nitrogen functional groups attached to an aromatic ring is 1. The van der Waals surface area contributed by atoms with Crippen LogP contribution in [0, 0.1) is 0 Å². The fourth-order valence-corrected chi connectivity index (χ4v) is 4.54. The normalized spacial score (nSPS) is 10.6. The molecule has 4 N–H and O–H groups in total. The topological polar surface area (TPSA) is 197 Å². The van der Waals surface area contributed by atoms with Crippen molar-refractivity contribution in [3.63, 3.8) is 0 Å². The Kier molecular flexibility index (Phi) is 10.8. The molecule has 0 fully saturated rings. The molecule has 220 valence electrons. The van der Waals surface area contributed by atoms with E-state index in [4.69, 9.17) is 38.4 Å². The van der Waals surface area contributed by atoms with Crippen molar-refractivity contribution in [1.29, 1.82) is 0 Å². The van der Waals surface area contributed by atoms with Crippen molar-refractivity contribution in [3.05, 3.63) is 93.0 Å². The SMILES string of the molecule is CCOC(=O)c1ccccc1S(=O)(=O)NC(=O)Nc1nc(Cl)cc(OC)n1.Nc1cnn(-c2ccccc2)c(=O)c1Cl. The zero-order valence-corrected chi connectivity index (χ0v) is 24.3.